The molecule has 2 aliphatic rings. The summed E-state index contributed by atoms with van der Waals surface area (Å²) in [6.07, 6.45) is 4.41. The van der Waals surface area contributed by atoms with Crippen molar-refractivity contribution >= 4 is 21.8 Å². The van der Waals surface area contributed by atoms with Crippen LogP contribution in [0.25, 0.3) is 0 Å². The third-order valence-electron chi connectivity index (χ3n) is 1.88. The van der Waals surface area contributed by atoms with Gasteiger partial charge in [-0.1, -0.05) is 0 Å². The monoisotopic (exact) mass is 216 g/mol. The minimum Gasteiger partial charge on any atom is -0.363 e. The maximum absolute atomic E-state index is 11.0. The zero-order valence-corrected chi connectivity index (χ0v) is 7.60. The Morgan fingerprint density at radius 2 is 2.36 bits per heavy atom. The Hall–Kier alpha value is -0.510. The molecule has 4 heteroatoms. The number of carbonyl (C=O) groups is 1. The van der Waals surface area contributed by atoms with Crippen LogP contribution in [0.15, 0.2) is 10.8 Å². The molecule has 11 heavy (non-hydrogen) atoms. The number of carbonyl (C=O) groups excluding carboxylic acids is 1. The van der Waals surface area contributed by atoms with Crippen molar-refractivity contribution in [2.24, 2.45) is 0 Å². The molecule has 0 radical (unpaired) electrons. The van der Waals surface area contributed by atoms with E-state index in [1.165, 1.54) is 12.8 Å². The fourth-order valence-corrected chi connectivity index (χ4v) is 1.69. The zero-order chi connectivity index (χ0) is 7.84. The number of hydrogen-bond acceptors (Lipinski definition) is 2. The van der Waals surface area contributed by atoms with Crippen molar-refractivity contribution in [1.29, 1.82) is 0 Å². The van der Waals surface area contributed by atoms with Crippen molar-refractivity contribution in [3.8, 4) is 0 Å². The van der Waals surface area contributed by atoms with E-state index in [-0.39, 0.29) is 5.91 Å². The predicted molar refractivity (Wildman–Crippen MR) is 44.9 cm³/mol. The molecule has 0 saturated heterocycles. The van der Waals surface area contributed by atoms with Gasteiger partial charge in [0.05, 0.1) is 6.54 Å². The van der Waals surface area contributed by atoms with Gasteiger partial charge in [-0.2, -0.15) is 0 Å². The second kappa shape index (κ2) is 2.52. The molecule has 3 nitrogen and oxygen atoms in total. The largest absolute Gasteiger partial charge is 0.363 e. The van der Waals surface area contributed by atoms with Crippen LogP contribution in [0.3, 0.4) is 0 Å². The molecule has 60 valence electrons. The number of hydrogen-bond donors (Lipinski definition) is 1. The molecule has 1 aliphatic carbocycles. The average Bonchev–Trinajstić information content (AvgIpc) is 2.64. The summed E-state index contributed by atoms with van der Waals surface area (Å²) in [5.41, 5.74) is 0. The summed E-state index contributed by atoms with van der Waals surface area (Å²) in [6.45, 7) is 0.514. The Bertz CT molecular complexity index is 222. The molecule has 0 spiro atoms. The number of amides is 1. The maximum atomic E-state index is 11.0. The second-order valence-electron chi connectivity index (χ2n) is 2.93. The van der Waals surface area contributed by atoms with Gasteiger partial charge in [-0.3, -0.25) is 4.79 Å². The molecule has 1 N–H and O–H groups in total. The minimum atomic E-state index is 0.0753. The van der Waals surface area contributed by atoms with E-state index in [9.17, 15) is 4.79 Å². The van der Waals surface area contributed by atoms with Gasteiger partial charge < -0.3 is 10.2 Å². The van der Waals surface area contributed by atoms with Gasteiger partial charge in [0.15, 0.2) is 0 Å². The van der Waals surface area contributed by atoms with Crippen LogP contribution < -0.4 is 5.32 Å². The van der Waals surface area contributed by atoms with Crippen molar-refractivity contribution in [1.82, 2.24) is 10.2 Å². The first-order chi connectivity index (χ1) is 5.25. The van der Waals surface area contributed by atoms with Crippen molar-refractivity contribution in [3.63, 3.8) is 0 Å². The van der Waals surface area contributed by atoms with E-state index >= 15 is 0 Å². The number of rotatable bonds is 1. The van der Waals surface area contributed by atoms with Gasteiger partial charge in [0.25, 0.3) is 0 Å². The first-order valence-corrected chi connectivity index (χ1v) is 4.48. The fraction of sp³-hybridized carbons (Fsp3) is 0.571. The lowest BCUT2D eigenvalue weighted by atomic mass is 10.4. The van der Waals surface area contributed by atoms with Gasteiger partial charge in [-0.25, -0.2) is 0 Å². The molecule has 0 aromatic rings. The Kier molecular flexibility index (Phi) is 1.64. The topological polar surface area (TPSA) is 32.3 Å². The molecular formula is C7H9BrN2O. The van der Waals surface area contributed by atoms with Crippen LogP contribution in [0.5, 0.6) is 0 Å². The van der Waals surface area contributed by atoms with Crippen molar-refractivity contribution < 1.29 is 4.79 Å². The Balaban J connectivity index is 2.09. The molecule has 2 rings (SSSR count). The second-order valence-corrected chi connectivity index (χ2v) is 3.78. The van der Waals surface area contributed by atoms with E-state index < -0.39 is 0 Å². The van der Waals surface area contributed by atoms with Gasteiger partial charge in [0, 0.05) is 12.2 Å². The van der Waals surface area contributed by atoms with Gasteiger partial charge in [0.2, 0.25) is 5.91 Å². The molecule has 0 bridgehead atoms. The van der Waals surface area contributed by atoms with E-state index in [4.69, 9.17) is 0 Å². The summed E-state index contributed by atoms with van der Waals surface area (Å²) in [4.78, 5) is 13.1. The highest BCUT2D eigenvalue weighted by Crippen LogP contribution is 2.28. The first kappa shape index (κ1) is 7.16. The van der Waals surface area contributed by atoms with Crippen LogP contribution in [-0.2, 0) is 4.79 Å². The lowest BCUT2D eigenvalue weighted by Gasteiger charge is -2.24. The molecule has 0 aromatic heterocycles. The quantitative estimate of drug-likeness (QED) is 0.658. The highest BCUT2D eigenvalue weighted by Gasteiger charge is 2.30. The highest BCUT2D eigenvalue weighted by molar-refractivity contribution is 9.11. The van der Waals surface area contributed by atoms with E-state index in [0.29, 0.717) is 12.6 Å². The standard InChI is InChI=1S/C7H9BrN2O/c8-6-3-10(5-1-2-5)4-7(11)9-6/h3,5H,1-2,4H2,(H,9,11). The van der Waals surface area contributed by atoms with Crippen LogP contribution in [0.2, 0.25) is 0 Å². The molecule has 0 unspecified atom stereocenters. The summed E-state index contributed by atoms with van der Waals surface area (Å²) in [5.74, 6) is 0.0753. The smallest absolute Gasteiger partial charge is 0.244 e. The van der Waals surface area contributed by atoms with Crippen LogP contribution in [-0.4, -0.2) is 23.4 Å². The van der Waals surface area contributed by atoms with Crippen LogP contribution in [0, 0.1) is 0 Å². The van der Waals surface area contributed by atoms with Gasteiger partial charge in [0.1, 0.15) is 4.61 Å². The minimum absolute atomic E-state index is 0.0753. The SMILES string of the molecule is O=C1CN(C2CC2)C=C(Br)N1. The van der Waals surface area contributed by atoms with Gasteiger partial charge >= 0.3 is 0 Å². The van der Waals surface area contributed by atoms with Crippen LogP contribution >= 0.6 is 15.9 Å². The summed E-state index contributed by atoms with van der Waals surface area (Å²) in [5, 5.41) is 2.69. The van der Waals surface area contributed by atoms with Gasteiger partial charge in [-0.05, 0) is 28.8 Å². The summed E-state index contributed by atoms with van der Waals surface area (Å²) in [6, 6.07) is 0.619. The normalized spacial score (nSPS) is 24.6. The Morgan fingerprint density at radius 1 is 1.64 bits per heavy atom. The molecule has 1 fully saturated rings. The van der Waals surface area contributed by atoms with Crippen LogP contribution in [0.1, 0.15) is 12.8 Å². The molecule has 1 heterocycles. The lowest BCUT2D eigenvalue weighted by Crippen LogP contribution is -2.39. The average molecular weight is 217 g/mol. The molecule has 1 amide bonds. The lowest BCUT2D eigenvalue weighted by molar-refractivity contribution is -0.121. The zero-order valence-electron chi connectivity index (χ0n) is 6.01. The summed E-state index contributed by atoms with van der Waals surface area (Å²) >= 11 is 3.25. The Labute approximate surface area is 73.6 Å². The summed E-state index contributed by atoms with van der Waals surface area (Å²) in [7, 11) is 0. The summed E-state index contributed by atoms with van der Waals surface area (Å²) < 4.78 is 0.778. The predicted octanol–water partition coefficient (Wildman–Crippen LogP) is 0.774. The first-order valence-electron chi connectivity index (χ1n) is 3.68. The van der Waals surface area contributed by atoms with Crippen molar-refractivity contribution in [2.45, 2.75) is 18.9 Å². The van der Waals surface area contributed by atoms with E-state index in [2.05, 4.69) is 26.1 Å². The fourth-order valence-electron chi connectivity index (χ4n) is 1.20. The number of halogens is 1. The molecule has 0 atom stereocenters. The molecule has 0 aromatic carbocycles. The Morgan fingerprint density at radius 3 is 2.91 bits per heavy atom. The van der Waals surface area contributed by atoms with E-state index in [1.807, 2.05) is 6.20 Å². The molecule has 1 saturated carbocycles. The third kappa shape index (κ3) is 1.56. The van der Waals surface area contributed by atoms with Crippen LogP contribution in [0.4, 0.5) is 0 Å². The van der Waals surface area contributed by atoms with E-state index in [1.54, 1.807) is 0 Å². The highest BCUT2D eigenvalue weighted by atomic mass is 79.9. The number of nitrogens with zero attached hydrogens (tertiary/aromatic N) is 1. The van der Waals surface area contributed by atoms with Gasteiger partial charge in [-0.15, -0.1) is 0 Å². The maximum Gasteiger partial charge on any atom is 0.244 e. The molecular weight excluding hydrogens is 208 g/mol. The third-order valence-corrected chi connectivity index (χ3v) is 2.28. The number of nitrogens with one attached hydrogen (secondary N) is 1. The van der Waals surface area contributed by atoms with Crippen molar-refractivity contribution in [2.75, 3.05) is 6.54 Å². The molecule has 1 aliphatic heterocycles. The van der Waals surface area contributed by atoms with E-state index in [0.717, 1.165) is 4.61 Å². The van der Waals surface area contributed by atoms with Crippen molar-refractivity contribution in [3.05, 3.63) is 10.8 Å².